The quantitative estimate of drug-likeness (QED) is 0.224. The van der Waals surface area contributed by atoms with Crippen molar-refractivity contribution in [1.29, 1.82) is 0 Å². The minimum Gasteiger partial charge on any atom is -0.324 e. The number of nitro benzene ring substituents is 1. The Hall–Kier alpha value is -4.39. The second kappa shape index (κ2) is 11.7. The Balaban J connectivity index is 2.12. The van der Waals surface area contributed by atoms with E-state index in [1.807, 2.05) is 62.4 Å². The fourth-order valence-electron chi connectivity index (χ4n) is 3.03. The summed E-state index contributed by atoms with van der Waals surface area (Å²) in [4.78, 5) is 34.7. The average Bonchev–Trinajstić information content (AvgIpc) is 2.83. The van der Waals surface area contributed by atoms with Crippen LogP contribution in [0.1, 0.15) is 46.2 Å². The summed E-state index contributed by atoms with van der Waals surface area (Å²) in [5, 5.41) is 13.7. The summed E-state index contributed by atoms with van der Waals surface area (Å²) in [5.41, 5.74) is 4.06. The van der Waals surface area contributed by atoms with E-state index in [1.165, 1.54) is 12.1 Å². The van der Waals surface area contributed by atoms with Crippen LogP contribution in [-0.2, 0) is 9.59 Å². The highest BCUT2D eigenvalue weighted by atomic mass is 35.5. The lowest BCUT2D eigenvalue weighted by Crippen LogP contribution is -2.14. The third-order valence-electron chi connectivity index (χ3n) is 4.93. The predicted octanol–water partition coefficient (Wildman–Crippen LogP) is 5.50. The van der Waals surface area contributed by atoms with E-state index in [2.05, 4.69) is 29.0 Å². The van der Waals surface area contributed by atoms with Crippen LogP contribution in [0.15, 0.2) is 60.7 Å². The number of aryl methyl sites for hydroxylation is 2. The maximum Gasteiger partial charge on any atom is 0.272 e. The number of halogens is 1. The highest BCUT2D eigenvalue weighted by Gasteiger charge is 2.17. The second-order valence-electron chi connectivity index (χ2n) is 7.81. The summed E-state index contributed by atoms with van der Waals surface area (Å²) in [6.07, 6.45) is -0.288. The maximum atomic E-state index is 12.5. The van der Waals surface area contributed by atoms with Crippen molar-refractivity contribution >= 4 is 34.1 Å². The number of carbonyl (C=O) groups excluding carboxylic acids is 2. The molecule has 0 unspecified atom stereocenters. The van der Waals surface area contributed by atoms with Gasteiger partial charge in [-0.1, -0.05) is 59.1 Å². The van der Waals surface area contributed by atoms with Gasteiger partial charge in [-0.15, -0.1) is 0 Å². The van der Waals surface area contributed by atoms with E-state index < -0.39 is 16.1 Å². The molecular formula is C28H21ClN2O4. The Morgan fingerprint density at radius 2 is 1.29 bits per heavy atom. The number of nitrogens with zero attached hydrogens (tertiary/aromatic N) is 1. The number of benzene rings is 3. The van der Waals surface area contributed by atoms with E-state index in [0.29, 0.717) is 11.1 Å². The number of anilines is 1. The Labute approximate surface area is 208 Å². The lowest BCUT2D eigenvalue weighted by atomic mass is 10.0. The van der Waals surface area contributed by atoms with Gasteiger partial charge in [0.15, 0.2) is 0 Å². The predicted molar refractivity (Wildman–Crippen MR) is 136 cm³/mol. The standard InChI is InChI=1S/C28H21ClN2O4/c1-19-3-7-21(8-4-19)11-13-23-17-25(31(34)35)18-24(14-12-22-9-5-20(2)6-10-22)28(23)30-27(33)16-15-26(29)32/h3-10,17-18H,15-16H2,1-2H3,(H,30,33). The first kappa shape index (κ1) is 25.2. The van der Waals surface area contributed by atoms with Gasteiger partial charge in [-0.25, -0.2) is 0 Å². The average molecular weight is 485 g/mol. The Morgan fingerprint density at radius 3 is 1.69 bits per heavy atom. The molecule has 0 aliphatic heterocycles. The summed E-state index contributed by atoms with van der Waals surface area (Å²) in [6.45, 7) is 3.91. The van der Waals surface area contributed by atoms with Crippen molar-refractivity contribution in [3.05, 3.63) is 104 Å². The molecule has 0 saturated carbocycles. The van der Waals surface area contributed by atoms with Gasteiger partial charge in [0.1, 0.15) is 0 Å². The fraction of sp³-hybridized carbons (Fsp3) is 0.143. The summed E-state index contributed by atoms with van der Waals surface area (Å²) in [7, 11) is 0. The van der Waals surface area contributed by atoms with Crippen LogP contribution < -0.4 is 5.32 Å². The summed E-state index contributed by atoms with van der Waals surface area (Å²) in [6, 6.07) is 17.5. The van der Waals surface area contributed by atoms with Crippen LogP contribution >= 0.6 is 11.6 Å². The minimum absolute atomic E-state index is 0.144. The van der Waals surface area contributed by atoms with Crippen LogP contribution in [0.5, 0.6) is 0 Å². The van der Waals surface area contributed by atoms with Crippen molar-refractivity contribution in [2.75, 3.05) is 5.32 Å². The number of nitro groups is 1. The lowest BCUT2D eigenvalue weighted by molar-refractivity contribution is -0.384. The zero-order chi connectivity index (χ0) is 25.4. The molecule has 0 fully saturated rings. The smallest absolute Gasteiger partial charge is 0.272 e. The van der Waals surface area contributed by atoms with Gasteiger partial charge in [0, 0.05) is 36.1 Å². The van der Waals surface area contributed by atoms with E-state index in [0.717, 1.165) is 11.1 Å². The number of hydrogen-bond acceptors (Lipinski definition) is 4. The molecule has 6 nitrogen and oxygen atoms in total. The number of nitrogens with one attached hydrogen (secondary N) is 1. The summed E-state index contributed by atoms with van der Waals surface area (Å²) in [5.74, 6) is 11.3. The van der Waals surface area contributed by atoms with Gasteiger partial charge in [-0.2, -0.15) is 0 Å². The first-order chi connectivity index (χ1) is 16.7. The van der Waals surface area contributed by atoms with Crippen molar-refractivity contribution in [3.63, 3.8) is 0 Å². The van der Waals surface area contributed by atoms with Crippen molar-refractivity contribution in [2.45, 2.75) is 26.7 Å². The molecule has 7 heteroatoms. The molecule has 0 heterocycles. The molecule has 0 aliphatic carbocycles. The number of rotatable bonds is 5. The number of hydrogen-bond donors (Lipinski definition) is 1. The highest BCUT2D eigenvalue weighted by Crippen LogP contribution is 2.27. The first-order valence-electron chi connectivity index (χ1n) is 10.7. The van der Waals surface area contributed by atoms with Gasteiger partial charge in [-0.05, 0) is 49.7 Å². The van der Waals surface area contributed by atoms with Gasteiger partial charge in [-0.3, -0.25) is 19.7 Å². The molecule has 3 rings (SSSR count). The number of non-ortho nitro benzene ring substituents is 1. The highest BCUT2D eigenvalue weighted by molar-refractivity contribution is 6.63. The van der Waals surface area contributed by atoms with E-state index in [1.54, 1.807) is 0 Å². The third kappa shape index (κ3) is 7.57. The van der Waals surface area contributed by atoms with E-state index in [-0.39, 0.29) is 35.3 Å². The van der Waals surface area contributed by atoms with Crippen LogP contribution in [0.3, 0.4) is 0 Å². The molecule has 1 amide bonds. The number of amides is 1. The topological polar surface area (TPSA) is 89.3 Å². The molecule has 174 valence electrons. The molecule has 0 radical (unpaired) electrons. The van der Waals surface area contributed by atoms with Crippen LogP contribution in [0.2, 0.25) is 0 Å². The Morgan fingerprint density at radius 1 is 0.829 bits per heavy atom. The number of carbonyl (C=O) groups is 2. The van der Waals surface area contributed by atoms with Gasteiger partial charge in [0.25, 0.3) is 5.69 Å². The SMILES string of the molecule is Cc1ccc(C#Cc2cc([N+](=O)[O-])cc(C#Cc3ccc(C)cc3)c2NC(=O)CCC(=O)Cl)cc1. The largest absolute Gasteiger partial charge is 0.324 e. The maximum absolute atomic E-state index is 12.5. The zero-order valence-electron chi connectivity index (χ0n) is 19.1. The summed E-state index contributed by atoms with van der Waals surface area (Å²) >= 11 is 5.36. The van der Waals surface area contributed by atoms with Crippen molar-refractivity contribution in [2.24, 2.45) is 0 Å². The first-order valence-corrected chi connectivity index (χ1v) is 11.1. The molecule has 1 N–H and O–H groups in total. The van der Waals surface area contributed by atoms with Crippen LogP contribution in [-0.4, -0.2) is 16.1 Å². The van der Waals surface area contributed by atoms with Gasteiger partial charge < -0.3 is 5.32 Å². The molecule has 0 aromatic heterocycles. The second-order valence-corrected chi connectivity index (χ2v) is 8.23. The van der Waals surface area contributed by atoms with E-state index >= 15 is 0 Å². The molecule has 0 bridgehead atoms. The fourth-order valence-corrected chi connectivity index (χ4v) is 3.13. The van der Waals surface area contributed by atoms with Crippen molar-refractivity contribution in [3.8, 4) is 23.7 Å². The van der Waals surface area contributed by atoms with Gasteiger partial charge in [0.05, 0.1) is 21.7 Å². The molecule has 0 saturated heterocycles. The third-order valence-corrected chi connectivity index (χ3v) is 5.12. The lowest BCUT2D eigenvalue weighted by Gasteiger charge is -2.10. The normalized spacial score (nSPS) is 9.80. The van der Waals surface area contributed by atoms with Crippen molar-refractivity contribution < 1.29 is 14.5 Å². The Kier molecular flexibility index (Phi) is 8.40. The molecule has 0 spiro atoms. The zero-order valence-corrected chi connectivity index (χ0v) is 19.9. The van der Waals surface area contributed by atoms with Crippen LogP contribution in [0.25, 0.3) is 0 Å². The Bertz CT molecular complexity index is 1320. The molecule has 35 heavy (non-hydrogen) atoms. The molecule has 3 aromatic rings. The molecule has 0 atom stereocenters. The summed E-state index contributed by atoms with van der Waals surface area (Å²) < 4.78 is 0. The van der Waals surface area contributed by atoms with Crippen LogP contribution in [0, 0.1) is 47.6 Å². The van der Waals surface area contributed by atoms with Crippen molar-refractivity contribution in [1.82, 2.24) is 0 Å². The van der Waals surface area contributed by atoms with Gasteiger partial charge in [0.2, 0.25) is 11.1 Å². The molecule has 3 aromatic carbocycles. The molecular weight excluding hydrogens is 464 g/mol. The van der Waals surface area contributed by atoms with Crippen LogP contribution in [0.4, 0.5) is 11.4 Å². The van der Waals surface area contributed by atoms with E-state index in [9.17, 15) is 19.7 Å². The van der Waals surface area contributed by atoms with Gasteiger partial charge >= 0.3 is 0 Å². The van der Waals surface area contributed by atoms with E-state index in [4.69, 9.17) is 11.6 Å². The monoisotopic (exact) mass is 484 g/mol. The minimum atomic E-state index is -0.636. The molecule has 0 aliphatic rings.